The van der Waals surface area contributed by atoms with E-state index in [1.807, 2.05) is 0 Å². The van der Waals surface area contributed by atoms with Gasteiger partial charge in [-0.05, 0) is 43.5 Å². The van der Waals surface area contributed by atoms with Crippen LogP contribution in [0.3, 0.4) is 0 Å². The van der Waals surface area contributed by atoms with Crippen LogP contribution in [0.4, 0.5) is 11.4 Å². The standard InChI is InChI=1S/C17H18ClN/c1-12-7-8-17(15(9-12)11-18)19-13(2)10-14-5-3-4-6-16(14)19/h3-9,13H,10-11H2,1-2H3. The molecule has 1 heterocycles. The maximum absolute atomic E-state index is 6.13. The predicted molar refractivity (Wildman–Crippen MR) is 82.5 cm³/mol. The van der Waals surface area contributed by atoms with Crippen LogP contribution in [0.1, 0.15) is 23.6 Å². The van der Waals surface area contributed by atoms with Gasteiger partial charge in [-0.1, -0.05) is 35.9 Å². The van der Waals surface area contributed by atoms with E-state index in [0.29, 0.717) is 11.9 Å². The lowest BCUT2D eigenvalue weighted by Gasteiger charge is -2.27. The molecule has 19 heavy (non-hydrogen) atoms. The van der Waals surface area contributed by atoms with Crippen LogP contribution in [0.25, 0.3) is 0 Å². The quantitative estimate of drug-likeness (QED) is 0.708. The Morgan fingerprint density at radius 2 is 1.95 bits per heavy atom. The summed E-state index contributed by atoms with van der Waals surface area (Å²) in [6, 6.07) is 15.7. The van der Waals surface area contributed by atoms with Crippen molar-refractivity contribution in [1.82, 2.24) is 0 Å². The topological polar surface area (TPSA) is 3.24 Å². The fraction of sp³-hybridized carbons (Fsp3) is 0.294. The van der Waals surface area contributed by atoms with Gasteiger partial charge in [0, 0.05) is 23.3 Å². The number of alkyl halides is 1. The smallest absolute Gasteiger partial charge is 0.0494 e. The highest BCUT2D eigenvalue weighted by molar-refractivity contribution is 6.17. The van der Waals surface area contributed by atoms with E-state index >= 15 is 0 Å². The molecular formula is C17H18ClN. The van der Waals surface area contributed by atoms with Crippen LogP contribution in [0.15, 0.2) is 42.5 Å². The largest absolute Gasteiger partial charge is 0.338 e. The lowest BCUT2D eigenvalue weighted by Crippen LogP contribution is -2.24. The molecule has 2 aromatic carbocycles. The normalized spacial score (nSPS) is 17.6. The first kappa shape index (κ1) is 12.6. The highest BCUT2D eigenvalue weighted by atomic mass is 35.5. The van der Waals surface area contributed by atoms with E-state index in [4.69, 9.17) is 11.6 Å². The maximum Gasteiger partial charge on any atom is 0.0494 e. The first-order valence-corrected chi connectivity index (χ1v) is 7.27. The summed E-state index contributed by atoms with van der Waals surface area (Å²) in [6.07, 6.45) is 1.10. The summed E-state index contributed by atoms with van der Waals surface area (Å²) < 4.78 is 0. The van der Waals surface area contributed by atoms with Crippen LogP contribution in [0.2, 0.25) is 0 Å². The minimum absolute atomic E-state index is 0.488. The number of halogens is 1. The lowest BCUT2D eigenvalue weighted by molar-refractivity contribution is 0.757. The summed E-state index contributed by atoms with van der Waals surface area (Å²) in [5, 5.41) is 0. The number of anilines is 2. The van der Waals surface area contributed by atoms with Crippen LogP contribution < -0.4 is 4.90 Å². The molecule has 3 rings (SSSR count). The monoisotopic (exact) mass is 271 g/mol. The van der Waals surface area contributed by atoms with Gasteiger partial charge in [-0.3, -0.25) is 0 Å². The molecule has 1 aliphatic heterocycles. The fourth-order valence-corrected chi connectivity index (χ4v) is 3.20. The molecule has 0 amide bonds. The lowest BCUT2D eigenvalue weighted by atomic mass is 10.1. The Bertz CT molecular complexity index is 606. The summed E-state index contributed by atoms with van der Waals surface area (Å²) in [7, 11) is 0. The molecular weight excluding hydrogens is 254 g/mol. The molecule has 0 bridgehead atoms. The summed E-state index contributed by atoms with van der Waals surface area (Å²) in [5.41, 5.74) is 6.48. The molecule has 0 spiro atoms. The van der Waals surface area contributed by atoms with Gasteiger partial charge in [-0.25, -0.2) is 0 Å². The van der Waals surface area contributed by atoms with Gasteiger partial charge in [0.05, 0.1) is 0 Å². The van der Waals surface area contributed by atoms with Crippen LogP contribution in [-0.4, -0.2) is 6.04 Å². The minimum atomic E-state index is 0.488. The van der Waals surface area contributed by atoms with Gasteiger partial charge in [0.1, 0.15) is 0 Å². The zero-order valence-corrected chi connectivity index (χ0v) is 12.1. The molecule has 0 radical (unpaired) electrons. The van der Waals surface area contributed by atoms with Crippen molar-refractivity contribution >= 4 is 23.0 Å². The number of rotatable bonds is 2. The van der Waals surface area contributed by atoms with E-state index < -0.39 is 0 Å². The molecule has 0 N–H and O–H groups in total. The molecule has 0 aliphatic carbocycles. The van der Waals surface area contributed by atoms with Crippen molar-refractivity contribution in [2.24, 2.45) is 0 Å². The van der Waals surface area contributed by atoms with E-state index in [0.717, 1.165) is 6.42 Å². The van der Waals surface area contributed by atoms with Crippen molar-refractivity contribution in [1.29, 1.82) is 0 Å². The average molecular weight is 272 g/mol. The fourth-order valence-electron chi connectivity index (χ4n) is 2.99. The first-order valence-electron chi connectivity index (χ1n) is 6.73. The number of nitrogens with zero attached hydrogens (tertiary/aromatic N) is 1. The second kappa shape index (κ2) is 4.90. The van der Waals surface area contributed by atoms with Gasteiger partial charge >= 0.3 is 0 Å². The summed E-state index contributed by atoms with van der Waals surface area (Å²) in [4.78, 5) is 2.42. The van der Waals surface area contributed by atoms with Crippen LogP contribution >= 0.6 is 11.6 Å². The summed E-state index contributed by atoms with van der Waals surface area (Å²) in [5.74, 6) is 0.558. The number of hydrogen-bond acceptors (Lipinski definition) is 1. The number of hydrogen-bond donors (Lipinski definition) is 0. The van der Waals surface area contributed by atoms with Crippen LogP contribution in [0, 0.1) is 6.92 Å². The third-order valence-electron chi connectivity index (χ3n) is 3.85. The highest BCUT2D eigenvalue weighted by Gasteiger charge is 2.27. The Morgan fingerprint density at radius 1 is 1.16 bits per heavy atom. The predicted octanol–water partition coefficient (Wildman–Crippen LogP) is 4.82. The van der Waals surface area contributed by atoms with E-state index in [1.54, 1.807) is 0 Å². The minimum Gasteiger partial charge on any atom is -0.338 e. The molecule has 1 nitrogen and oxygen atoms in total. The number of aryl methyl sites for hydroxylation is 1. The third kappa shape index (κ3) is 2.12. The molecule has 0 fully saturated rings. The van der Waals surface area contributed by atoms with Gasteiger partial charge in [-0.15, -0.1) is 11.6 Å². The van der Waals surface area contributed by atoms with Crippen LogP contribution in [-0.2, 0) is 12.3 Å². The number of para-hydroxylation sites is 1. The van der Waals surface area contributed by atoms with Crippen molar-refractivity contribution in [3.05, 3.63) is 59.2 Å². The van der Waals surface area contributed by atoms with E-state index in [1.165, 1.54) is 28.1 Å². The highest BCUT2D eigenvalue weighted by Crippen LogP contribution is 2.40. The molecule has 1 atom stereocenters. The SMILES string of the molecule is Cc1ccc(N2c3ccccc3CC2C)c(CCl)c1. The Hall–Kier alpha value is -1.47. The summed E-state index contributed by atoms with van der Waals surface area (Å²) in [6.45, 7) is 4.39. The number of fused-ring (bicyclic) bond motifs is 1. The second-order valence-corrected chi connectivity index (χ2v) is 5.58. The van der Waals surface area contributed by atoms with Crippen molar-refractivity contribution < 1.29 is 0 Å². The molecule has 0 saturated carbocycles. The zero-order chi connectivity index (χ0) is 13.4. The van der Waals surface area contributed by atoms with E-state index in [-0.39, 0.29) is 0 Å². The Labute approximate surface area is 119 Å². The van der Waals surface area contributed by atoms with Crippen molar-refractivity contribution in [3.63, 3.8) is 0 Å². The summed E-state index contributed by atoms with van der Waals surface area (Å²) >= 11 is 6.13. The molecule has 0 aromatic heterocycles. The first-order chi connectivity index (χ1) is 9.20. The van der Waals surface area contributed by atoms with Crippen LogP contribution in [0.5, 0.6) is 0 Å². The number of benzene rings is 2. The second-order valence-electron chi connectivity index (χ2n) is 5.32. The molecule has 2 aromatic rings. The third-order valence-corrected chi connectivity index (χ3v) is 4.13. The van der Waals surface area contributed by atoms with Gasteiger partial charge in [0.25, 0.3) is 0 Å². The van der Waals surface area contributed by atoms with Crippen molar-refractivity contribution in [3.8, 4) is 0 Å². The van der Waals surface area contributed by atoms with E-state index in [9.17, 15) is 0 Å². The maximum atomic E-state index is 6.13. The molecule has 2 heteroatoms. The molecule has 1 unspecified atom stereocenters. The molecule has 98 valence electrons. The van der Waals surface area contributed by atoms with E-state index in [2.05, 4.69) is 61.2 Å². The molecule has 1 aliphatic rings. The molecule has 0 saturated heterocycles. The van der Waals surface area contributed by atoms with Crippen molar-refractivity contribution in [2.45, 2.75) is 32.2 Å². The Kier molecular flexibility index (Phi) is 3.24. The Morgan fingerprint density at radius 3 is 2.74 bits per heavy atom. The van der Waals surface area contributed by atoms with Gasteiger partial charge < -0.3 is 4.90 Å². The van der Waals surface area contributed by atoms with Gasteiger partial charge in [0.15, 0.2) is 0 Å². The van der Waals surface area contributed by atoms with Gasteiger partial charge in [-0.2, -0.15) is 0 Å². The Balaban J connectivity index is 2.12. The average Bonchev–Trinajstić information content (AvgIpc) is 2.74. The van der Waals surface area contributed by atoms with Crippen molar-refractivity contribution in [2.75, 3.05) is 4.90 Å². The van der Waals surface area contributed by atoms with Gasteiger partial charge in [0.2, 0.25) is 0 Å². The zero-order valence-electron chi connectivity index (χ0n) is 11.4.